The number of amides is 1. The fraction of sp³-hybridized carbons (Fsp3) is 0.450. The number of ether oxygens (including phenoxy) is 1. The Morgan fingerprint density at radius 2 is 2.22 bits per heavy atom. The van der Waals surface area contributed by atoms with Gasteiger partial charge in [0.05, 0.1) is 30.0 Å². The number of nitrogens with zero attached hydrogens (tertiary/aromatic N) is 1. The smallest absolute Gasteiger partial charge is 0.311 e. The van der Waals surface area contributed by atoms with E-state index in [1.165, 1.54) is 34.2 Å². The van der Waals surface area contributed by atoms with E-state index in [4.69, 9.17) is 4.74 Å². The predicted molar refractivity (Wildman–Crippen MR) is 108 cm³/mol. The molecule has 1 N–H and O–H groups in total. The van der Waals surface area contributed by atoms with Gasteiger partial charge >= 0.3 is 5.97 Å². The second kappa shape index (κ2) is 9.37. The van der Waals surface area contributed by atoms with Gasteiger partial charge in [0, 0.05) is 5.38 Å². The van der Waals surface area contributed by atoms with Crippen LogP contribution in [0.4, 0.5) is 0 Å². The summed E-state index contributed by atoms with van der Waals surface area (Å²) < 4.78 is 5.74. The molecule has 3 rings (SSSR count). The van der Waals surface area contributed by atoms with Gasteiger partial charge in [-0.2, -0.15) is 0 Å². The summed E-state index contributed by atoms with van der Waals surface area (Å²) in [4.78, 5) is 28.6. The van der Waals surface area contributed by atoms with E-state index in [-0.39, 0.29) is 29.6 Å². The third-order valence-electron chi connectivity index (χ3n) is 4.49. The van der Waals surface area contributed by atoms with Crippen molar-refractivity contribution in [1.82, 2.24) is 10.3 Å². The Morgan fingerprint density at radius 3 is 3.04 bits per heavy atom. The van der Waals surface area contributed by atoms with E-state index in [9.17, 15) is 9.59 Å². The van der Waals surface area contributed by atoms with Gasteiger partial charge in [-0.05, 0) is 44.2 Å². The minimum Gasteiger partial charge on any atom is -0.466 e. The van der Waals surface area contributed by atoms with Crippen molar-refractivity contribution in [2.75, 3.05) is 6.61 Å². The molecule has 0 saturated heterocycles. The Hall–Kier alpha value is -1.86. The third-order valence-corrected chi connectivity index (χ3v) is 6.61. The first-order chi connectivity index (χ1) is 13.1. The monoisotopic (exact) mass is 404 g/mol. The number of fused-ring (bicyclic) bond motifs is 1. The molecule has 2 aromatic rings. The van der Waals surface area contributed by atoms with Gasteiger partial charge < -0.3 is 10.1 Å². The van der Waals surface area contributed by atoms with Crippen LogP contribution in [-0.2, 0) is 27.2 Å². The quantitative estimate of drug-likeness (QED) is 0.559. The lowest BCUT2D eigenvalue weighted by Crippen LogP contribution is -2.35. The Morgan fingerprint density at radius 1 is 1.41 bits per heavy atom. The number of nitrogens with one attached hydrogen (secondary N) is 1. The minimum absolute atomic E-state index is 0.0174. The molecule has 27 heavy (non-hydrogen) atoms. The number of thiazole rings is 1. The van der Waals surface area contributed by atoms with E-state index < -0.39 is 0 Å². The molecule has 0 aliphatic heterocycles. The number of carbonyl (C=O) groups excluding carboxylic acids is 2. The molecule has 1 amide bonds. The highest BCUT2D eigenvalue weighted by atomic mass is 32.2. The zero-order valence-corrected chi connectivity index (χ0v) is 17.2. The van der Waals surface area contributed by atoms with Crippen molar-refractivity contribution in [2.45, 2.75) is 55.2 Å². The fourth-order valence-electron chi connectivity index (χ4n) is 3.18. The molecule has 0 radical (unpaired) electrons. The molecule has 2 atom stereocenters. The first-order valence-corrected chi connectivity index (χ1v) is 11.0. The summed E-state index contributed by atoms with van der Waals surface area (Å²) in [5.74, 6) is -0.259. The standard InChI is InChI=1S/C20H24N2O3S2/c1-3-25-18(23)11-15-12-26-20(21-15)27-13(2)19(24)22-17-10-6-8-14-7-4-5-9-16(14)17/h4-5,7,9,12-13,17H,3,6,8,10-11H2,1-2H3,(H,22,24)/t13-,17-/m1/s1. The Bertz CT molecular complexity index is 806. The molecule has 144 valence electrons. The molecule has 1 aliphatic rings. The zero-order valence-electron chi connectivity index (χ0n) is 15.6. The normalized spacial score (nSPS) is 17.0. The van der Waals surface area contributed by atoms with Crippen LogP contribution in [0.3, 0.4) is 0 Å². The number of thioether (sulfide) groups is 1. The van der Waals surface area contributed by atoms with Gasteiger partial charge in [0.25, 0.3) is 0 Å². The van der Waals surface area contributed by atoms with Gasteiger partial charge in [0.1, 0.15) is 0 Å². The van der Waals surface area contributed by atoms with Crippen LogP contribution >= 0.6 is 23.1 Å². The molecule has 1 aliphatic carbocycles. The zero-order chi connectivity index (χ0) is 19.2. The maximum absolute atomic E-state index is 12.7. The number of esters is 1. The number of benzene rings is 1. The lowest BCUT2D eigenvalue weighted by Gasteiger charge is -2.27. The molecule has 1 aromatic heterocycles. The number of aryl methyl sites for hydroxylation is 1. The van der Waals surface area contributed by atoms with Crippen molar-refractivity contribution < 1.29 is 14.3 Å². The van der Waals surface area contributed by atoms with Crippen molar-refractivity contribution in [1.29, 1.82) is 0 Å². The molecule has 0 unspecified atom stereocenters. The number of aromatic nitrogens is 1. The molecule has 0 spiro atoms. The van der Waals surface area contributed by atoms with E-state index in [2.05, 4.69) is 28.5 Å². The number of hydrogen-bond donors (Lipinski definition) is 1. The van der Waals surface area contributed by atoms with Crippen LogP contribution in [0, 0.1) is 0 Å². The third kappa shape index (κ3) is 5.32. The molecular weight excluding hydrogens is 380 g/mol. The first kappa shape index (κ1) is 19.9. The van der Waals surface area contributed by atoms with Gasteiger partial charge in [0.2, 0.25) is 5.91 Å². The first-order valence-electron chi connectivity index (χ1n) is 9.21. The summed E-state index contributed by atoms with van der Waals surface area (Å²) in [6.45, 7) is 4.04. The summed E-state index contributed by atoms with van der Waals surface area (Å²) in [5.41, 5.74) is 3.26. The Kier molecular flexibility index (Phi) is 6.90. The summed E-state index contributed by atoms with van der Waals surface area (Å²) in [6.07, 6.45) is 3.31. The van der Waals surface area contributed by atoms with Gasteiger partial charge in [-0.25, -0.2) is 4.98 Å². The van der Waals surface area contributed by atoms with Crippen molar-refractivity contribution in [3.05, 3.63) is 46.5 Å². The molecule has 0 bridgehead atoms. The topological polar surface area (TPSA) is 68.3 Å². The summed E-state index contributed by atoms with van der Waals surface area (Å²) in [5, 5.41) is 4.79. The fourth-order valence-corrected chi connectivity index (χ4v) is 5.17. The largest absolute Gasteiger partial charge is 0.466 e. The van der Waals surface area contributed by atoms with Crippen LogP contribution in [0.15, 0.2) is 34.0 Å². The Balaban J connectivity index is 1.56. The lowest BCUT2D eigenvalue weighted by molar-refractivity contribution is -0.142. The van der Waals surface area contributed by atoms with Crippen LogP contribution in [0.2, 0.25) is 0 Å². The maximum atomic E-state index is 12.7. The van der Waals surface area contributed by atoms with E-state index in [0.29, 0.717) is 12.3 Å². The highest BCUT2D eigenvalue weighted by molar-refractivity contribution is 8.02. The van der Waals surface area contributed by atoms with Gasteiger partial charge in [-0.15, -0.1) is 11.3 Å². The highest BCUT2D eigenvalue weighted by Crippen LogP contribution is 2.31. The average molecular weight is 405 g/mol. The molecule has 5 nitrogen and oxygen atoms in total. The maximum Gasteiger partial charge on any atom is 0.311 e. The molecule has 7 heteroatoms. The second-order valence-electron chi connectivity index (χ2n) is 6.50. The van der Waals surface area contributed by atoms with E-state index >= 15 is 0 Å². The molecule has 1 aromatic carbocycles. The number of rotatable bonds is 7. The van der Waals surface area contributed by atoms with Crippen molar-refractivity contribution in [3.63, 3.8) is 0 Å². The van der Waals surface area contributed by atoms with Crippen LogP contribution in [0.25, 0.3) is 0 Å². The van der Waals surface area contributed by atoms with Gasteiger partial charge in [-0.3, -0.25) is 9.59 Å². The lowest BCUT2D eigenvalue weighted by atomic mass is 9.88. The highest BCUT2D eigenvalue weighted by Gasteiger charge is 2.24. The van der Waals surface area contributed by atoms with Crippen LogP contribution in [0.1, 0.15) is 49.6 Å². The minimum atomic E-state index is -0.277. The summed E-state index contributed by atoms with van der Waals surface area (Å²) in [7, 11) is 0. The van der Waals surface area contributed by atoms with Crippen LogP contribution in [0.5, 0.6) is 0 Å². The second-order valence-corrected chi connectivity index (χ2v) is 8.94. The number of hydrogen-bond acceptors (Lipinski definition) is 6. The van der Waals surface area contributed by atoms with Gasteiger partial charge in [0.15, 0.2) is 4.34 Å². The average Bonchev–Trinajstić information content (AvgIpc) is 3.08. The molecule has 0 fully saturated rings. The van der Waals surface area contributed by atoms with E-state index in [1.807, 2.05) is 18.4 Å². The van der Waals surface area contributed by atoms with E-state index in [0.717, 1.165) is 23.6 Å². The van der Waals surface area contributed by atoms with Crippen LogP contribution < -0.4 is 5.32 Å². The molecule has 1 heterocycles. The predicted octanol–water partition coefficient (Wildman–Crippen LogP) is 3.92. The van der Waals surface area contributed by atoms with Crippen molar-refractivity contribution in [3.8, 4) is 0 Å². The Labute approximate surface area is 167 Å². The van der Waals surface area contributed by atoms with Crippen molar-refractivity contribution in [2.24, 2.45) is 0 Å². The van der Waals surface area contributed by atoms with Crippen LogP contribution in [-0.4, -0.2) is 28.7 Å². The summed E-state index contributed by atoms with van der Waals surface area (Å²) in [6, 6.07) is 8.42. The molecule has 0 saturated carbocycles. The van der Waals surface area contributed by atoms with E-state index in [1.54, 1.807) is 6.92 Å². The van der Waals surface area contributed by atoms with Crippen molar-refractivity contribution >= 4 is 35.0 Å². The number of carbonyl (C=O) groups is 2. The molecular formula is C20H24N2O3S2. The summed E-state index contributed by atoms with van der Waals surface area (Å²) >= 11 is 2.88. The SMILES string of the molecule is CCOC(=O)Cc1csc(S[C@H](C)C(=O)N[C@@H]2CCCc3ccccc32)n1. The van der Waals surface area contributed by atoms with Gasteiger partial charge in [-0.1, -0.05) is 36.0 Å².